The van der Waals surface area contributed by atoms with Crippen molar-refractivity contribution in [3.63, 3.8) is 0 Å². The van der Waals surface area contributed by atoms with Crippen molar-refractivity contribution in [2.45, 2.75) is 6.92 Å². The molecular weight excluding hydrogens is 242 g/mol. The molecule has 2 rings (SSSR count). The Balaban J connectivity index is 2.60. The van der Waals surface area contributed by atoms with Gasteiger partial charge >= 0.3 is 0 Å². The SMILES string of the molecule is COc1cc2c(C)c(C#N)cnc2cc1OCCN. The van der Waals surface area contributed by atoms with Crippen LogP contribution in [0.2, 0.25) is 0 Å². The lowest BCUT2D eigenvalue weighted by molar-refractivity contribution is 0.303. The molecule has 1 aromatic heterocycles. The monoisotopic (exact) mass is 257 g/mol. The van der Waals surface area contributed by atoms with Gasteiger partial charge in [-0.3, -0.25) is 4.98 Å². The average molecular weight is 257 g/mol. The normalized spacial score (nSPS) is 10.2. The molecule has 0 aliphatic carbocycles. The van der Waals surface area contributed by atoms with Crippen LogP contribution in [-0.4, -0.2) is 25.2 Å². The summed E-state index contributed by atoms with van der Waals surface area (Å²) in [6.07, 6.45) is 1.57. The predicted molar refractivity (Wildman–Crippen MR) is 72.3 cm³/mol. The van der Waals surface area contributed by atoms with Gasteiger partial charge in [-0.25, -0.2) is 0 Å². The highest BCUT2D eigenvalue weighted by atomic mass is 16.5. The molecule has 0 unspecified atom stereocenters. The Labute approximate surface area is 111 Å². The van der Waals surface area contributed by atoms with E-state index in [-0.39, 0.29) is 0 Å². The van der Waals surface area contributed by atoms with Gasteiger partial charge in [-0.05, 0) is 18.6 Å². The molecule has 98 valence electrons. The Kier molecular flexibility index (Phi) is 3.83. The molecule has 0 bridgehead atoms. The Morgan fingerprint density at radius 3 is 2.79 bits per heavy atom. The fraction of sp³-hybridized carbons (Fsp3) is 0.286. The van der Waals surface area contributed by atoms with Crippen LogP contribution < -0.4 is 15.2 Å². The van der Waals surface area contributed by atoms with Crippen LogP contribution in [0.25, 0.3) is 10.9 Å². The van der Waals surface area contributed by atoms with Crippen LogP contribution in [0.4, 0.5) is 0 Å². The van der Waals surface area contributed by atoms with Crippen LogP contribution in [0, 0.1) is 18.3 Å². The van der Waals surface area contributed by atoms with Crippen molar-refractivity contribution in [3.8, 4) is 17.6 Å². The van der Waals surface area contributed by atoms with Gasteiger partial charge in [0, 0.05) is 24.2 Å². The van der Waals surface area contributed by atoms with Gasteiger partial charge in [0.2, 0.25) is 0 Å². The smallest absolute Gasteiger partial charge is 0.163 e. The fourth-order valence-corrected chi connectivity index (χ4v) is 1.89. The molecule has 0 fully saturated rings. The van der Waals surface area contributed by atoms with E-state index in [1.165, 1.54) is 0 Å². The third kappa shape index (κ3) is 2.44. The highest BCUT2D eigenvalue weighted by Gasteiger charge is 2.11. The van der Waals surface area contributed by atoms with Crippen molar-refractivity contribution in [2.24, 2.45) is 5.73 Å². The Bertz CT molecular complexity index is 647. The molecule has 0 aliphatic heterocycles. The molecule has 5 nitrogen and oxygen atoms in total. The first-order chi connectivity index (χ1) is 9.21. The van der Waals surface area contributed by atoms with Crippen molar-refractivity contribution in [1.29, 1.82) is 5.26 Å². The largest absolute Gasteiger partial charge is 0.493 e. The van der Waals surface area contributed by atoms with Crippen molar-refractivity contribution in [1.82, 2.24) is 4.98 Å². The number of aromatic nitrogens is 1. The first-order valence-corrected chi connectivity index (χ1v) is 5.91. The fourth-order valence-electron chi connectivity index (χ4n) is 1.89. The van der Waals surface area contributed by atoms with E-state index in [1.807, 2.05) is 13.0 Å². The molecule has 0 aliphatic rings. The maximum atomic E-state index is 9.02. The summed E-state index contributed by atoms with van der Waals surface area (Å²) in [6.45, 7) is 2.74. The topological polar surface area (TPSA) is 81.2 Å². The van der Waals surface area contributed by atoms with Crippen LogP contribution in [0.1, 0.15) is 11.1 Å². The minimum atomic E-state index is 0.414. The number of nitriles is 1. The number of benzene rings is 1. The van der Waals surface area contributed by atoms with Crippen molar-refractivity contribution < 1.29 is 9.47 Å². The lowest BCUT2D eigenvalue weighted by Crippen LogP contribution is -2.11. The van der Waals surface area contributed by atoms with Gasteiger partial charge in [0.15, 0.2) is 11.5 Å². The number of nitrogens with zero attached hydrogens (tertiary/aromatic N) is 2. The number of aryl methyl sites for hydroxylation is 1. The van der Waals surface area contributed by atoms with Crippen LogP contribution in [-0.2, 0) is 0 Å². The molecular formula is C14H15N3O2. The number of fused-ring (bicyclic) bond motifs is 1. The first-order valence-electron chi connectivity index (χ1n) is 5.91. The van der Waals surface area contributed by atoms with Gasteiger partial charge in [-0.1, -0.05) is 0 Å². The summed E-state index contributed by atoms with van der Waals surface area (Å²) in [7, 11) is 1.58. The van der Waals surface area contributed by atoms with E-state index in [2.05, 4.69) is 11.1 Å². The maximum Gasteiger partial charge on any atom is 0.163 e. The predicted octanol–water partition coefficient (Wildman–Crippen LogP) is 1.76. The maximum absolute atomic E-state index is 9.02. The summed E-state index contributed by atoms with van der Waals surface area (Å²) < 4.78 is 10.8. The van der Waals surface area contributed by atoms with Gasteiger partial charge in [-0.2, -0.15) is 5.26 Å². The summed E-state index contributed by atoms with van der Waals surface area (Å²) >= 11 is 0. The number of nitrogens with two attached hydrogens (primary N) is 1. The zero-order chi connectivity index (χ0) is 13.8. The zero-order valence-corrected chi connectivity index (χ0v) is 10.9. The Morgan fingerprint density at radius 1 is 1.37 bits per heavy atom. The summed E-state index contributed by atoms with van der Waals surface area (Å²) in [5.41, 5.74) is 7.64. The number of hydrogen-bond donors (Lipinski definition) is 1. The summed E-state index contributed by atoms with van der Waals surface area (Å²) in [5, 5.41) is 9.90. The molecule has 2 N–H and O–H groups in total. The average Bonchev–Trinajstić information content (AvgIpc) is 2.44. The lowest BCUT2D eigenvalue weighted by atomic mass is 10.1. The van der Waals surface area contributed by atoms with E-state index in [9.17, 15) is 0 Å². The number of rotatable bonds is 4. The standard InChI is InChI=1S/C14H15N3O2/c1-9-10(7-16)8-17-12-6-14(19-4-3-15)13(18-2)5-11(9)12/h5-6,8H,3-4,15H2,1-2H3. The number of methoxy groups -OCH3 is 1. The van der Waals surface area contributed by atoms with E-state index in [0.717, 1.165) is 16.5 Å². The minimum Gasteiger partial charge on any atom is -0.493 e. The molecule has 0 amide bonds. The third-order valence-corrected chi connectivity index (χ3v) is 2.92. The highest BCUT2D eigenvalue weighted by Crippen LogP contribution is 2.33. The molecule has 0 spiro atoms. The van der Waals surface area contributed by atoms with Gasteiger partial charge in [0.05, 0.1) is 18.2 Å². The Morgan fingerprint density at radius 2 is 2.16 bits per heavy atom. The number of pyridine rings is 1. The van der Waals surface area contributed by atoms with Crippen LogP contribution in [0.15, 0.2) is 18.3 Å². The minimum absolute atomic E-state index is 0.414. The van der Waals surface area contributed by atoms with E-state index in [0.29, 0.717) is 30.2 Å². The zero-order valence-electron chi connectivity index (χ0n) is 10.9. The number of hydrogen-bond acceptors (Lipinski definition) is 5. The summed E-state index contributed by atoms with van der Waals surface area (Å²) in [5.74, 6) is 1.22. The van der Waals surface area contributed by atoms with Gasteiger partial charge in [0.1, 0.15) is 12.7 Å². The van der Waals surface area contributed by atoms with Crippen molar-refractivity contribution in [2.75, 3.05) is 20.3 Å². The van der Waals surface area contributed by atoms with Crippen molar-refractivity contribution in [3.05, 3.63) is 29.5 Å². The van der Waals surface area contributed by atoms with Gasteiger partial charge in [-0.15, -0.1) is 0 Å². The Hall–Kier alpha value is -2.32. The quantitative estimate of drug-likeness (QED) is 0.902. The van der Waals surface area contributed by atoms with E-state index in [1.54, 1.807) is 19.4 Å². The van der Waals surface area contributed by atoms with Crippen LogP contribution >= 0.6 is 0 Å². The molecule has 0 saturated heterocycles. The van der Waals surface area contributed by atoms with E-state index in [4.69, 9.17) is 20.5 Å². The summed E-state index contributed by atoms with van der Waals surface area (Å²) in [4.78, 5) is 4.27. The third-order valence-electron chi connectivity index (χ3n) is 2.92. The molecule has 0 radical (unpaired) electrons. The molecule has 0 saturated carbocycles. The molecule has 1 aromatic carbocycles. The second kappa shape index (κ2) is 5.55. The second-order valence-corrected chi connectivity index (χ2v) is 4.07. The molecule has 2 aromatic rings. The van der Waals surface area contributed by atoms with E-state index < -0.39 is 0 Å². The van der Waals surface area contributed by atoms with E-state index >= 15 is 0 Å². The van der Waals surface area contributed by atoms with Crippen LogP contribution in [0.5, 0.6) is 11.5 Å². The van der Waals surface area contributed by atoms with Crippen LogP contribution in [0.3, 0.4) is 0 Å². The summed E-state index contributed by atoms with van der Waals surface area (Å²) in [6, 6.07) is 5.76. The first kappa shape index (κ1) is 13.1. The van der Waals surface area contributed by atoms with Gasteiger partial charge < -0.3 is 15.2 Å². The molecule has 1 heterocycles. The molecule has 19 heavy (non-hydrogen) atoms. The molecule has 5 heteroatoms. The molecule has 0 atom stereocenters. The van der Waals surface area contributed by atoms with Crippen molar-refractivity contribution >= 4 is 10.9 Å². The highest BCUT2D eigenvalue weighted by molar-refractivity contribution is 5.87. The number of ether oxygens (including phenoxy) is 2. The second-order valence-electron chi connectivity index (χ2n) is 4.07. The van der Waals surface area contributed by atoms with Gasteiger partial charge in [0.25, 0.3) is 0 Å². The lowest BCUT2D eigenvalue weighted by Gasteiger charge is -2.12.